The number of rotatable bonds is 6. The first-order chi connectivity index (χ1) is 16.5. The molecule has 10 nitrogen and oxygen atoms in total. The third kappa shape index (κ3) is 6.45. The van der Waals surface area contributed by atoms with Gasteiger partial charge in [-0.15, -0.1) is 5.92 Å². The Hall–Kier alpha value is -3.27. The van der Waals surface area contributed by atoms with Gasteiger partial charge in [0, 0.05) is 39.8 Å². The molecule has 0 amide bonds. The van der Waals surface area contributed by atoms with E-state index >= 15 is 0 Å². The minimum atomic E-state index is -5.08. The van der Waals surface area contributed by atoms with Crippen molar-refractivity contribution in [2.24, 2.45) is 13.0 Å². The second kappa shape index (κ2) is 11.9. The van der Waals surface area contributed by atoms with Crippen molar-refractivity contribution in [3.8, 4) is 11.8 Å². The highest BCUT2D eigenvalue weighted by Gasteiger charge is 2.38. The van der Waals surface area contributed by atoms with Crippen LogP contribution in [0.3, 0.4) is 0 Å². The van der Waals surface area contributed by atoms with Gasteiger partial charge < -0.3 is 15.3 Å². The van der Waals surface area contributed by atoms with Crippen molar-refractivity contribution in [3.63, 3.8) is 0 Å². The molecular formula is C22H31F3N6O4. The molecule has 0 unspecified atom stereocenters. The minimum Gasteiger partial charge on any atom is -0.475 e. The number of hydrogen-bond donors (Lipinski definition) is 2. The number of carboxylic acid groups (broad SMARTS) is 1. The lowest BCUT2D eigenvalue weighted by molar-refractivity contribution is -0.192. The molecule has 0 atom stereocenters. The number of carbonyl (C=O) groups is 1. The van der Waals surface area contributed by atoms with E-state index in [2.05, 4.69) is 35.9 Å². The third-order valence-corrected chi connectivity index (χ3v) is 5.86. The van der Waals surface area contributed by atoms with E-state index in [-0.39, 0.29) is 11.2 Å². The Balaban J connectivity index is 0.000000540. The predicted octanol–water partition coefficient (Wildman–Crippen LogP) is 1.40. The fraction of sp³-hybridized carbons (Fsp3) is 0.636. The molecule has 0 aromatic carbocycles. The minimum absolute atomic E-state index is 0.303. The lowest BCUT2D eigenvalue weighted by atomic mass is 10.0. The number of aliphatic carboxylic acids is 1. The summed E-state index contributed by atoms with van der Waals surface area (Å²) in [5, 5.41) is 10.5. The average Bonchev–Trinajstić information content (AvgIpc) is 3.21. The van der Waals surface area contributed by atoms with Crippen molar-refractivity contribution in [1.29, 1.82) is 0 Å². The number of alkyl halides is 3. The molecule has 2 aromatic heterocycles. The Bertz CT molecular complexity index is 1210. The fourth-order valence-corrected chi connectivity index (χ4v) is 3.73. The number of aromatic nitrogens is 4. The zero-order valence-electron chi connectivity index (χ0n) is 20.3. The van der Waals surface area contributed by atoms with E-state index < -0.39 is 12.1 Å². The number of nitrogens with zero attached hydrogens (tertiary/aromatic N) is 5. The Labute approximate surface area is 200 Å². The van der Waals surface area contributed by atoms with Crippen LogP contribution >= 0.6 is 0 Å². The van der Waals surface area contributed by atoms with E-state index in [1.165, 1.54) is 4.57 Å². The van der Waals surface area contributed by atoms with Gasteiger partial charge >= 0.3 is 17.8 Å². The van der Waals surface area contributed by atoms with Gasteiger partial charge in [-0.1, -0.05) is 32.6 Å². The highest BCUT2D eigenvalue weighted by Crippen LogP contribution is 2.21. The second-order valence-electron chi connectivity index (χ2n) is 8.08. The Kier molecular flexibility index (Phi) is 9.53. The molecular weight excluding hydrogens is 469 g/mol. The molecule has 35 heavy (non-hydrogen) atoms. The van der Waals surface area contributed by atoms with Crippen LogP contribution in [0.5, 0.6) is 0 Å². The summed E-state index contributed by atoms with van der Waals surface area (Å²) in [4.78, 5) is 41.8. The van der Waals surface area contributed by atoms with E-state index in [1.54, 1.807) is 18.5 Å². The first kappa shape index (κ1) is 28.0. The lowest BCUT2D eigenvalue weighted by Gasteiger charge is -2.28. The average molecular weight is 501 g/mol. The molecule has 0 saturated carbocycles. The van der Waals surface area contributed by atoms with Crippen molar-refractivity contribution in [2.45, 2.75) is 52.9 Å². The van der Waals surface area contributed by atoms with Crippen LogP contribution in [-0.2, 0) is 24.9 Å². The van der Waals surface area contributed by atoms with Gasteiger partial charge in [0.25, 0.3) is 5.56 Å². The fourth-order valence-electron chi connectivity index (χ4n) is 3.73. The summed E-state index contributed by atoms with van der Waals surface area (Å²) < 4.78 is 36.5. The van der Waals surface area contributed by atoms with Gasteiger partial charge in [0.15, 0.2) is 11.2 Å². The van der Waals surface area contributed by atoms with Gasteiger partial charge in [-0.2, -0.15) is 18.2 Å². The van der Waals surface area contributed by atoms with Crippen LogP contribution in [0.1, 0.15) is 33.6 Å². The Morgan fingerprint density at radius 3 is 2.23 bits per heavy atom. The normalized spacial score (nSPS) is 13.9. The molecule has 1 aliphatic heterocycles. The van der Waals surface area contributed by atoms with Crippen LogP contribution in [0.4, 0.5) is 19.1 Å². The Morgan fingerprint density at radius 1 is 1.17 bits per heavy atom. The maximum atomic E-state index is 13.0. The highest BCUT2D eigenvalue weighted by atomic mass is 19.4. The summed E-state index contributed by atoms with van der Waals surface area (Å²) in [6.45, 7) is 10.3. The summed E-state index contributed by atoms with van der Waals surface area (Å²) in [5.41, 5.74) is 0.325. The zero-order chi connectivity index (χ0) is 26.3. The molecule has 0 radical (unpaired) electrons. The monoisotopic (exact) mass is 500 g/mol. The van der Waals surface area contributed by atoms with Crippen LogP contribution in [0, 0.1) is 17.8 Å². The van der Waals surface area contributed by atoms with Gasteiger partial charge in [-0.05, 0) is 12.8 Å². The number of hydrogen-bond acceptors (Lipinski definition) is 6. The largest absolute Gasteiger partial charge is 0.490 e. The summed E-state index contributed by atoms with van der Waals surface area (Å²) >= 11 is 0. The van der Waals surface area contributed by atoms with Gasteiger partial charge in [0.1, 0.15) is 0 Å². The molecule has 3 rings (SSSR count). The predicted molar refractivity (Wildman–Crippen MR) is 126 cm³/mol. The van der Waals surface area contributed by atoms with Crippen LogP contribution < -0.4 is 21.5 Å². The van der Waals surface area contributed by atoms with Crippen molar-refractivity contribution in [1.82, 2.24) is 24.0 Å². The van der Waals surface area contributed by atoms with E-state index in [4.69, 9.17) is 14.9 Å². The number of anilines is 1. The first-order valence-corrected chi connectivity index (χ1v) is 11.3. The smallest absolute Gasteiger partial charge is 0.475 e. The first-order valence-electron chi connectivity index (χ1n) is 11.3. The molecule has 1 aliphatic rings. The lowest BCUT2D eigenvalue weighted by Crippen LogP contribution is -2.44. The van der Waals surface area contributed by atoms with Gasteiger partial charge in [0.05, 0.1) is 6.54 Å². The number of imidazole rings is 1. The van der Waals surface area contributed by atoms with Gasteiger partial charge in [-0.25, -0.2) is 9.59 Å². The van der Waals surface area contributed by atoms with Crippen molar-refractivity contribution in [3.05, 3.63) is 20.8 Å². The Morgan fingerprint density at radius 2 is 1.74 bits per heavy atom. The van der Waals surface area contributed by atoms with Crippen molar-refractivity contribution < 1.29 is 23.1 Å². The van der Waals surface area contributed by atoms with E-state index in [9.17, 15) is 22.8 Å². The molecule has 2 aromatic rings. The maximum Gasteiger partial charge on any atom is 0.490 e. The number of piperazine rings is 1. The molecule has 2 N–H and O–H groups in total. The zero-order valence-corrected chi connectivity index (χ0v) is 20.3. The van der Waals surface area contributed by atoms with E-state index in [1.807, 2.05) is 4.57 Å². The van der Waals surface area contributed by atoms with Crippen LogP contribution in [-0.4, -0.2) is 62.1 Å². The molecule has 0 spiro atoms. The van der Waals surface area contributed by atoms with E-state index in [0.717, 1.165) is 45.0 Å². The molecule has 0 aliphatic carbocycles. The molecule has 0 bridgehead atoms. The van der Waals surface area contributed by atoms with Crippen LogP contribution in [0.2, 0.25) is 0 Å². The van der Waals surface area contributed by atoms with Gasteiger partial charge in [-0.3, -0.25) is 18.5 Å². The SMILES string of the molecule is CC#CCn1c(N2CCNCC2)nc2c1c(=O)n(C)c(=O)n2CC(CC)CC.O=C(O)C(F)(F)F. The molecule has 13 heteroatoms. The number of halogens is 3. The molecule has 1 fully saturated rings. The van der Waals surface area contributed by atoms with E-state index in [0.29, 0.717) is 30.2 Å². The maximum absolute atomic E-state index is 13.0. The standard InChI is InChI=1S/C20H30N6O2.C2HF3O2/c1-5-8-11-25-16-17(22-19(25)24-12-9-21-10-13-24)26(14-15(6-2)7-3)20(28)23(4)18(16)27;3-2(4,5)1(6)7/h15,21H,6-7,9-14H2,1-4H3;(H,6,7). The van der Waals surface area contributed by atoms with Gasteiger partial charge in [0.2, 0.25) is 5.95 Å². The summed E-state index contributed by atoms with van der Waals surface area (Å²) in [5.74, 6) is 4.29. The quantitative estimate of drug-likeness (QED) is 0.577. The summed E-state index contributed by atoms with van der Waals surface area (Å²) in [7, 11) is 1.54. The van der Waals surface area contributed by atoms with Crippen molar-refractivity contribution >= 4 is 23.1 Å². The third-order valence-electron chi connectivity index (χ3n) is 5.86. The molecule has 3 heterocycles. The molecule has 1 saturated heterocycles. The van der Waals surface area contributed by atoms with Crippen LogP contribution in [0.25, 0.3) is 11.2 Å². The topological polar surface area (TPSA) is 114 Å². The summed E-state index contributed by atoms with van der Waals surface area (Å²) in [6, 6.07) is 0. The molecule has 194 valence electrons. The highest BCUT2D eigenvalue weighted by molar-refractivity contribution is 5.75. The second-order valence-corrected chi connectivity index (χ2v) is 8.08. The van der Waals surface area contributed by atoms with Crippen molar-refractivity contribution in [2.75, 3.05) is 31.1 Å². The number of nitrogens with one attached hydrogen (secondary N) is 1. The number of carboxylic acids is 1. The summed E-state index contributed by atoms with van der Waals surface area (Å²) in [6.07, 6.45) is -3.14. The van der Waals surface area contributed by atoms with Crippen LogP contribution in [0.15, 0.2) is 9.59 Å². The number of fused-ring (bicyclic) bond motifs is 1.